The summed E-state index contributed by atoms with van der Waals surface area (Å²) in [5.74, 6) is 0. The Kier molecular flexibility index (Phi) is 4.82. The third-order valence-corrected chi connectivity index (χ3v) is 4.41. The largest absolute Gasteiger partial charge is 0.305 e. The first-order chi connectivity index (χ1) is 8.77. The summed E-state index contributed by atoms with van der Waals surface area (Å²) in [5, 5.41) is 0. The highest BCUT2D eigenvalue weighted by Gasteiger charge is 2.39. The van der Waals surface area contributed by atoms with Gasteiger partial charge in [-0.3, -0.25) is 0 Å². The average molecular weight is 245 g/mol. The maximum absolute atomic E-state index is 2.54. The van der Waals surface area contributed by atoms with Crippen LogP contribution in [0.15, 0.2) is 30.3 Å². The van der Waals surface area contributed by atoms with Crippen molar-refractivity contribution in [1.29, 1.82) is 0 Å². The highest BCUT2D eigenvalue weighted by atomic mass is 15.1. The molecule has 1 saturated carbocycles. The molecule has 0 N–H and O–H groups in total. The van der Waals surface area contributed by atoms with Crippen molar-refractivity contribution in [2.24, 2.45) is 0 Å². The molecule has 2 rings (SSSR count). The molecule has 1 nitrogen and oxygen atoms in total. The van der Waals surface area contributed by atoms with E-state index in [4.69, 9.17) is 0 Å². The second-order valence-corrected chi connectivity index (χ2v) is 5.94. The van der Waals surface area contributed by atoms with E-state index in [1.807, 2.05) is 0 Å². The zero-order valence-electron chi connectivity index (χ0n) is 12.0. The summed E-state index contributed by atoms with van der Waals surface area (Å²) < 4.78 is 0. The predicted octanol–water partition coefficient (Wildman–Crippen LogP) is 4.23. The summed E-state index contributed by atoms with van der Waals surface area (Å²) in [7, 11) is 2.29. The van der Waals surface area contributed by atoms with Crippen molar-refractivity contribution in [2.45, 2.75) is 50.9 Å². The smallest absolute Gasteiger partial charge is 0.00802 e. The van der Waals surface area contributed by atoms with E-state index in [2.05, 4.69) is 49.2 Å². The molecule has 0 aliphatic heterocycles. The highest BCUT2D eigenvalue weighted by molar-refractivity contribution is 5.28. The van der Waals surface area contributed by atoms with E-state index in [1.54, 1.807) is 5.56 Å². The molecule has 18 heavy (non-hydrogen) atoms. The summed E-state index contributed by atoms with van der Waals surface area (Å²) in [6.07, 6.45) is 8.17. The van der Waals surface area contributed by atoms with Crippen LogP contribution in [-0.4, -0.2) is 25.0 Å². The molecule has 0 bridgehead atoms. The fourth-order valence-corrected chi connectivity index (χ4v) is 3.16. The van der Waals surface area contributed by atoms with Crippen LogP contribution >= 0.6 is 0 Å². The van der Waals surface area contributed by atoms with Gasteiger partial charge in [-0.15, -0.1) is 0 Å². The van der Waals surface area contributed by atoms with Gasteiger partial charge in [0.2, 0.25) is 0 Å². The molecule has 1 aliphatic carbocycles. The molecule has 1 fully saturated rings. The molecular formula is C17H27N. The predicted molar refractivity (Wildman–Crippen MR) is 79.0 cm³/mol. The molecule has 1 heteroatoms. The Morgan fingerprint density at radius 2 is 1.83 bits per heavy atom. The summed E-state index contributed by atoms with van der Waals surface area (Å²) in [6, 6.07) is 11.1. The zero-order chi connectivity index (χ0) is 12.8. The quantitative estimate of drug-likeness (QED) is 0.650. The van der Waals surface area contributed by atoms with Crippen molar-refractivity contribution in [3.8, 4) is 0 Å². The molecule has 1 aromatic rings. The molecule has 0 aromatic heterocycles. The maximum Gasteiger partial charge on any atom is 0.00802 e. The van der Waals surface area contributed by atoms with Crippen molar-refractivity contribution in [3.63, 3.8) is 0 Å². The van der Waals surface area contributed by atoms with Crippen LogP contribution in [0.4, 0.5) is 0 Å². The van der Waals surface area contributed by atoms with Crippen LogP contribution in [-0.2, 0) is 5.41 Å². The van der Waals surface area contributed by atoms with Gasteiger partial charge in [-0.05, 0) is 38.4 Å². The van der Waals surface area contributed by atoms with Gasteiger partial charge in [-0.2, -0.15) is 0 Å². The Morgan fingerprint density at radius 1 is 1.11 bits per heavy atom. The Bertz CT molecular complexity index is 340. The summed E-state index contributed by atoms with van der Waals surface area (Å²) in [4.78, 5) is 2.54. The Hall–Kier alpha value is -0.820. The van der Waals surface area contributed by atoms with Crippen LogP contribution in [0.2, 0.25) is 0 Å². The van der Waals surface area contributed by atoms with Crippen LogP contribution in [0.3, 0.4) is 0 Å². The third-order valence-electron chi connectivity index (χ3n) is 4.41. The van der Waals surface area contributed by atoms with E-state index in [1.165, 1.54) is 51.6 Å². The molecule has 0 saturated heterocycles. The van der Waals surface area contributed by atoms with Crippen molar-refractivity contribution in [1.82, 2.24) is 4.90 Å². The van der Waals surface area contributed by atoms with E-state index >= 15 is 0 Å². The maximum atomic E-state index is 2.54. The lowest BCUT2D eigenvalue weighted by Gasteiger charge is -2.45. The molecule has 0 unspecified atom stereocenters. The van der Waals surface area contributed by atoms with Gasteiger partial charge in [-0.1, -0.05) is 56.5 Å². The van der Waals surface area contributed by atoms with E-state index in [0.29, 0.717) is 5.41 Å². The minimum Gasteiger partial charge on any atom is -0.305 e. The summed E-state index contributed by atoms with van der Waals surface area (Å²) in [6.45, 7) is 4.76. The zero-order valence-corrected chi connectivity index (χ0v) is 12.0. The van der Waals surface area contributed by atoms with E-state index in [9.17, 15) is 0 Å². The van der Waals surface area contributed by atoms with E-state index in [0.717, 1.165) is 0 Å². The van der Waals surface area contributed by atoms with Crippen LogP contribution in [0, 0.1) is 0 Å². The summed E-state index contributed by atoms with van der Waals surface area (Å²) >= 11 is 0. The lowest BCUT2D eigenvalue weighted by atomic mass is 9.64. The van der Waals surface area contributed by atoms with Gasteiger partial charge in [0.25, 0.3) is 0 Å². The van der Waals surface area contributed by atoms with Gasteiger partial charge in [0.1, 0.15) is 0 Å². The minimum absolute atomic E-state index is 0.461. The highest BCUT2D eigenvalue weighted by Crippen LogP contribution is 2.44. The van der Waals surface area contributed by atoms with Gasteiger partial charge in [0, 0.05) is 12.0 Å². The number of likely N-dealkylation sites (N-methyl/N-ethyl adjacent to an activating group) is 1. The number of hydrogen-bond donors (Lipinski definition) is 0. The monoisotopic (exact) mass is 245 g/mol. The van der Waals surface area contributed by atoms with Crippen LogP contribution in [0.5, 0.6) is 0 Å². The molecule has 1 aromatic carbocycles. The van der Waals surface area contributed by atoms with E-state index in [-0.39, 0.29) is 0 Å². The standard InChI is InChI=1S/C17H27N/c1-3-4-8-14-18(2)15-17(12-9-13-17)16-10-6-5-7-11-16/h5-7,10-11H,3-4,8-9,12-15H2,1-2H3. The third kappa shape index (κ3) is 3.14. The molecule has 0 radical (unpaired) electrons. The van der Waals surface area contributed by atoms with Crippen LogP contribution in [0.1, 0.15) is 51.0 Å². The van der Waals surface area contributed by atoms with Crippen LogP contribution in [0.25, 0.3) is 0 Å². The number of rotatable bonds is 7. The molecule has 100 valence electrons. The molecular weight excluding hydrogens is 218 g/mol. The second-order valence-electron chi connectivity index (χ2n) is 5.94. The van der Waals surface area contributed by atoms with Crippen molar-refractivity contribution in [3.05, 3.63) is 35.9 Å². The lowest BCUT2D eigenvalue weighted by Crippen LogP contribution is -2.44. The van der Waals surface area contributed by atoms with Gasteiger partial charge in [0.15, 0.2) is 0 Å². The van der Waals surface area contributed by atoms with Gasteiger partial charge in [0.05, 0.1) is 0 Å². The number of hydrogen-bond acceptors (Lipinski definition) is 1. The Balaban J connectivity index is 1.92. The van der Waals surface area contributed by atoms with Gasteiger partial charge in [-0.25, -0.2) is 0 Å². The first kappa shape index (κ1) is 13.6. The molecule has 0 heterocycles. The van der Waals surface area contributed by atoms with Gasteiger partial charge >= 0.3 is 0 Å². The fourth-order valence-electron chi connectivity index (χ4n) is 3.16. The Morgan fingerprint density at radius 3 is 2.39 bits per heavy atom. The number of benzene rings is 1. The topological polar surface area (TPSA) is 3.24 Å². The number of unbranched alkanes of at least 4 members (excludes halogenated alkanes) is 2. The SMILES string of the molecule is CCCCCN(C)CC1(c2ccccc2)CCC1. The molecule has 0 atom stereocenters. The van der Waals surface area contributed by atoms with Gasteiger partial charge < -0.3 is 4.90 Å². The van der Waals surface area contributed by atoms with Crippen molar-refractivity contribution >= 4 is 0 Å². The normalized spacial score (nSPS) is 17.7. The number of nitrogens with zero attached hydrogens (tertiary/aromatic N) is 1. The second kappa shape index (κ2) is 6.38. The average Bonchev–Trinajstić information content (AvgIpc) is 2.35. The minimum atomic E-state index is 0.461. The van der Waals surface area contributed by atoms with Crippen molar-refractivity contribution in [2.75, 3.05) is 20.1 Å². The van der Waals surface area contributed by atoms with Crippen molar-refractivity contribution < 1.29 is 0 Å². The summed E-state index contributed by atoms with van der Waals surface area (Å²) in [5.41, 5.74) is 2.01. The molecule has 1 aliphatic rings. The van der Waals surface area contributed by atoms with E-state index < -0.39 is 0 Å². The first-order valence-electron chi connectivity index (χ1n) is 7.51. The Labute approximate surface area is 112 Å². The lowest BCUT2D eigenvalue weighted by molar-refractivity contribution is 0.158. The fraction of sp³-hybridized carbons (Fsp3) is 0.647. The molecule has 0 spiro atoms. The first-order valence-corrected chi connectivity index (χ1v) is 7.51. The molecule has 0 amide bonds. The van der Waals surface area contributed by atoms with Crippen LogP contribution < -0.4 is 0 Å².